The van der Waals surface area contributed by atoms with E-state index in [0.717, 1.165) is 10.4 Å². The molecule has 0 aromatic carbocycles. The Kier molecular flexibility index (Phi) is 3.68. The number of hydrogen-bond donors (Lipinski definition) is 1. The standard InChI is InChI=1S/C12H15NO4S/c1-7-5-10(18-8(7)2)11(14)13-3-4-17-9(6-13)12(15)16/h5,9H,3-4,6H2,1-2H3,(H,15,16). The zero-order valence-corrected chi connectivity index (χ0v) is 11.1. The maximum absolute atomic E-state index is 12.2. The zero-order chi connectivity index (χ0) is 13.3. The van der Waals surface area contributed by atoms with E-state index < -0.39 is 12.1 Å². The number of aryl methyl sites for hydroxylation is 2. The lowest BCUT2D eigenvalue weighted by atomic mass is 10.2. The number of amides is 1. The van der Waals surface area contributed by atoms with Crippen molar-refractivity contribution in [2.24, 2.45) is 0 Å². The number of nitrogens with zero attached hydrogens (tertiary/aromatic N) is 1. The van der Waals surface area contributed by atoms with Crippen LogP contribution in [0, 0.1) is 13.8 Å². The first kappa shape index (κ1) is 13.0. The number of carboxylic acids is 1. The summed E-state index contributed by atoms with van der Waals surface area (Å²) in [5, 5.41) is 8.90. The molecule has 1 fully saturated rings. The first-order valence-corrected chi connectivity index (χ1v) is 6.51. The molecule has 1 aliphatic rings. The fraction of sp³-hybridized carbons (Fsp3) is 0.500. The van der Waals surface area contributed by atoms with Gasteiger partial charge in [-0.25, -0.2) is 4.79 Å². The molecule has 1 atom stereocenters. The van der Waals surface area contributed by atoms with Crippen LogP contribution in [0.2, 0.25) is 0 Å². The van der Waals surface area contributed by atoms with Gasteiger partial charge in [0.25, 0.3) is 5.91 Å². The maximum atomic E-state index is 12.2. The zero-order valence-electron chi connectivity index (χ0n) is 10.3. The molecule has 0 aliphatic carbocycles. The topological polar surface area (TPSA) is 66.8 Å². The molecule has 1 unspecified atom stereocenters. The molecule has 1 aromatic rings. The fourth-order valence-corrected chi connectivity index (χ4v) is 2.82. The van der Waals surface area contributed by atoms with Gasteiger partial charge in [-0.3, -0.25) is 4.79 Å². The van der Waals surface area contributed by atoms with Crippen molar-refractivity contribution in [2.45, 2.75) is 20.0 Å². The van der Waals surface area contributed by atoms with Gasteiger partial charge in [-0.15, -0.1) is 11.3 Å². The molecular weight excluding hydrogens is 254 g/mol. The number of carbonyl (C=O) groups excluding carboxylic acids is 1. The van der Waals surface area contributed by atoms with Crippen molar-refractivity contribution in [3.05, 3.63) is 21.4 Å². The van der Waals surface area contributed by atoms with E-state index in [1.807, 2.05) is 19.9 Å². The van der Waals surface area contributed by atoms with E-state index >= 15 is 0 Å². The molecule has 98 valence electrons. The van der Waals surface area contributed by atoms with Crippen LogP contribution in [-0.2, 0) is 9.53 Å². The van der Waals surface area contributed by atoms with E-state index in [9.17, 15) is 9.59 Å². The summed E-state index contributed by atoms with van der Waals surface area (Å²) in [6.07, 6.45) is -0.912. The van der Waals surface area contributed by atoms with Gasteiger partial charge in [-0.05, 0) is 25.5 Å². The highest BCUT2D eigenvalue weighted by molar-refractivity contribution is 7.14. The number of ether oxygens (including phenoxy) is 1. The average Bonchev–Trinajstić information content (AvgIpc) is 2.69. The molecule has 2 heterocycles. The van der Waals surface area contributed by atoms with Crippen molar-refractivity contribution in [1.29, 1.82) is 0 Å². The summed E-state index contributed by atoms with van der Waals surface area (Å²) < 4.78 is 5.09. The van der Waals surface area contributed by atoms with E-state index in [1.165, 1.54) is 11.3 Å². The molecule has 2 rings (SSSR count). The van der Waals surface area contributed by atoms with Gasteiger partial charge in [0.05, 0.1) is 18.0 Å². The summed E-state index contributed by atoms with van der Waals surface area (Å²) >= 11 is 1.45. The highest BCUT2D eigenvalue weighted by atomic mass is 32.1. The largest absolute Gasteiger partial charge is 0.479 e. The van der Waals surface area contributed by atoms with Crippen LogP contribution in [0.5, 0.6) is 0 Å². The van der Waals surface area contributed by atoms with Crippen LogP contribution in [0.3, 0.4) is 0 Å². The number of morpholine rings is 1. The van der Waals surface area contributed by atoms with E-state index in [-0.39, 0.29) is 19.1 Å². The Hall–Kier alpha value is -1.40. The lowest BCUT2D eigenvalue weighted by Crippen LogP contribution is -2.48. The Bertz CT molecular complexity index is 463. The Morgan fingerprint density at radius 3 is 2.78 bits per heavy atom. The molecule has 18 heavy (non-hydrogen) atoms. The molecule has 0 spiro atoms. The van der Waals surface area contributed by atoms with Crippen LogP contribution in [0.4, 0.5) is 0 Å². The summed E-state index contributed by atoms with van der Waals surface area (Å²) in [5.74, 6) is -1.13. The van der Waals surface area contributed by atoms with Gasteiger partial charge in [-0.1, -0.05) is 0 Å². The molecule has 1 aliphatic heterocycles. The highest BCUT2D eigenvalue weighted by Crippen LogP contribution is 2.22. The summed E-state index contributed by atoms with van der Waals surface area (Å²) in [6.45, 7) is 4.76. The summed E-state index contributed by atoms with van der Waals surface area (Å²) in [6, 6.07) is 1.85. The fourth-order valence-electron chi connectivity index (χ4n) is 1.82. The number of carbonyl (C=O) groups is 2. The number of thiophene rings is 1. The SMILES string of the molecule is Cc1cc(C(=O)N2CCOC(C(=O)O)C2)sc1C. The molecule has 1 aromatic heterocycles. The van der Waals surface area contributed by atoms with Gasteiger partial charge in [0.2, 0.25) is 0 Å². The molecule has 1 amide bonds. The van der Waals surface area contributed by atoms with Crippen LogP contribution in [-0.4, -0.2) is 47.7 Å². The minimum atomic E-state index is -1.02. The van der Waals surface area contributed by atoms with Crippen molar-refractivity contribution in [1.82, 2.24) is 4.90 Å². The van der Waals surface area contributed by atoms with E-state index in [0.29, 0.717) is 11.4 Å². The molecule has 1 saturated heterocycles. The summed E-state index contributed by atoms with van der Waals surface area (Å²) in [7, 11) is 0. The minimum absolute atomic E-state index is 0.106. The Labute approximate surface area is 109 Å². The first-order chi connectivity index (χ1) is 8.49. The Balaban J connectivity index is 2.11. The normalized spacial score (nSPS) is 19.9. The van der Waals surface area contributed by atoms with Crippen molar-refractivity contribution >= 4 is 23.2 Å². The Morgan fingerprint density at radius 1 is 1.50 bits per heavy atom. The van der Waals surface area contributed by atoms with E-state index in [1.54, 1.807) is 4.90 Å². The van der Waals surface area contributed by atoms with Gasteiger partial charge in [0.1, 0.15) is 0 Å². The third-order valence-corrected chi connectivity index (χ3v) is 4.15. The van der Waals surface area contributed by atoms with Crippen LogP contribution >= 0.6 is 11.3 Å². The van der Waals surface area contributed by atoms with Gasteiger partial charge < -0.3 is 14.7 Å². The minimum Gasteiger partial charge on any atom is -0.479 e. The number of rotatable bonds is 2. The quantitative estimate of drug-likeness (QED) is 0.878. The number of aliphatic carboxylic acids is 1. The monoisotopic (exact) mass is 269 g/mol. The molecule has 5 nitrogen and oxygen atoms in total. The van der Waals surface area contributed by atoms with Crippen LogP contribution in [0.15, 0.2) is 6.07 Å². The predicted molar refractivity (Wildman–Crippen MR) is 67.1 cm³/mol. The molecule has 0 saturated carbocycles. The third-order valence-electron chi connectivity index (χ3n) is 3.01. The van der Waals surface area contributed by atoms with Crippen LogP contribution in [0.25, 0.3) is 0 Å². The Morgan fingerprint density at radius 2 is 2.22 bits per heavy atom. The van der Waals surface area contributed by atoms with E-state index in [2.05, 4.69) is 0 Å². The second kappa shape index (κ2) is 5.07. The van der Waals surface area contributed by atoms with Crippen molar-refractivity contribution < 1.29 is 19.4 Å². The van der Waals surface area contributed by atoms with Crippen molar-refractivity contribution in [3.8, 4) is 0 Å². The van der Waals surface area contributed by atoms with Crippen LogP contribution < -0.4 is 0 Å². The summed E-state index contributed by atoms with van der Waals surface area (Å²) in [5.41, 5.74) is 1.09. The van der Waals surface area contributed by atoms with Crippen molar-refractivity contribution in [2.75, 3.05) is 19.7 Å². The highest BCUT2D eigenvalue weighted by Gasteiger charge is 2.30. The smallest absolute Gasteiger partial charge is 0.334 e. The lowest BCUT2D eigenvalue weighted by Gasteiger charge is -2.30. The summed E-state index contributed by atoms with van der Waals surface area (Å²) in [4.78, 5) is 26.4. The third kappa shape index (κ3) is 2.54. The van der Waals surface area contributed by atoms with Gasteiger partial charge in [-0.2, -0.15) is 0 Å². The van der Waals surface area contributed by atoms with Gasteiger partial charge >= 0.3 is 5.97 Å². The predicted octanol–water partition coefficient (Wildman–Crippen LogP) is 1.29. The average molecular weight is 269 g/mol. The van der Waals surface area contributed by atoms with Crippen LogP contribution in [0.1, 0.15) is 20.1 Å². The van der Waals surface area contributed by atoms with Crippen molar-refractivity contribution in [3.63, 3.8) is 0 Å². The molecule has 6 heteroatoms. The molecule has 1 N–H and O–H groups in total. The molecular formula is C12H15NO4S. The van der Waals surface area contributed by atoms with Gasteiger partial charge in [0, 0.05) is 11.4 Å². The van der Waals surface area contributed by atoms with E-state index in [4.69, 9.17) is 9.84 Å². The second-order valence-corrected chi connectivity index (χ2v) is 5.56. The number of hydrogen-bond acceptors (Lipinski definition) is 4. The molecule has 0 radical (unpaired) electrons. The lowest BCUT2D eigenvalue weighted by molar-refractivity contribution is -0.154. The number of carboxylic acid groups (broad SMARTS) is 1. The van der Waals surface area contributed by atoms with Gasteiger partial charge in [0.15, 0.2) is 6.10 Å². The molecule has 0 bridgehead atoms. The first-order valence-electron chi connectivity index (χ1n) is 5.69. The maximum Gasteiger partial charge on any atom is 0.334 e. The second-order valence-electron chi connectivity index (χ2n) is 4.30.